The molecule has 0 aromatic carbocycles. The molecule has 0 saturated carbocycles. The van der Waals surface area contributed by atoms with E-state index in [1.165, 1.54) is 11.8 Å². The minimum absolute atomic E-state index is 0.0582. The normalized spacial score (nSPS) is 29.2. The molecule has 0 aromatic rings. The van der Waals surface area contributed by atoms with E-state index < -0.39 is 24.4 Å². The molecule has 1 N–H and O–H groups in total. The van der Waals surface area contributed by atoms with E-state index in [4.69, 9.17) is 5.41 Å². The summed E-state index contributed by atoms with van der Waals surface area (Å²) < 4.78 is 45.8. The van der Waals surface area contributed by atoms with Gasteiger partial charge < -0.3 is 5.41 Å². The Hall–Kier alpha value is -3.21. The van der Waals surface area contributed by atoms with Crippen LogP contribution in [0.2, 0.25) is 0 Å². The van der Waals surface area contributed by atoms with Crippen molar-refractivity contribution < 1.29 is 13.2 Å². The van der Waals surface area contributed by atoms with Crippen LogP contribution in [0.25, 0.3) is 0 Å². The molecule has 0 saturated heterocycles. The van der Waals surface area contributed by atoms with Crippen LogP contribution in [0.3, 0.4) is 0 Å². The Balaban J connectivity index is 1.52. The van der Waals surface area contributed by atoms with Crippen molar-refractivity contribution in [3.05, 3.63) is 106 Å². The summed E-state index contributed by atoms with van der Waals surface area (Å²) in [5.41, 5.74) is 4.01. The molecule has 4 aliphatic rings. The van der Waals surface area contributed by atoms with Crippen LogP contribution >= 0.6 is 0 Å². The van der Waals surface area contributed by atoms with Crippen LogP contribution in [0.4, 0.5) is 13.2 Å². The van der Waals surface area contributed by atoms with Gasteiger partial charge in [0.05, 0.1) is 0 Å². The van der Waals surface area contributed by atoms with Crippen molar-refractivity contribution >= 4 is 12.4 Å². The van der Waals surface area contributed by atoms with E-state index in [0.29, 0.717) is 31.3 Å². The number of allylic oxidation sites excluding steroid dienone is 16. The second kappa shape index (κ2) is 13.9. The van der Waals surface area contributed by atoms with Gasteiger partial charge in [-0.05, 0) is 84.3 Å². The number of hydrogen-bond acceptors (Lipinski definition) is 2. The van der Waals surface area contributed by atoms with Gasteiger partial charge in [-0.25, -0.2) is 13.2 Å². The molecular weight excluding hydrogens is 505 g/mol. The molecular formula is C35H41F3N2. The van der Waals surface area contributed by atoms with Gasteiger partial charge in [-0.15, -0.1) is 6.58 Å². The number of halogens is 3. The van der Waals surface area contributed by atoms with Crippen molar-refractivity contribution in [2.75, 3.05) is 6.67 Å². The van der Waals surface area contributed by atoms with Gasteiger partial charge in [0.2, 0.25) is 0 Å². The van der Waals surface area contributed by atoms with Gasteiger partial charge in [0.15, 0.2) is 0 Å². The number of rotatable bonds is 11. The third kappa shape index (κ3) is 6.74. The van der Waals surface area contributed by atoms with Crippen molar-refractivity contribution in [1.82, 2.24) is 0 Å². The Bertz CT molecular complexity index is 1250. The Morgan fingerprint density at radius 2 is 2.02 bits per heavy atom. The van der Waals surface area contributed by atoms with Crippen molar-refractivity contribution in [3.8, 4) is 0 Å². The van der Waals surface area contributed by atoms with E-state index in [1.807, 2.05) is 31.2 Å². The van der Waals surface area contributed by atoms with Crippen LogP contribution in [0, 0.1) is 17.2 Å². The van der Waals surface area contributed by atoms with Crippen LogP contribution in [0.15, 0.2) is 111 Å². The molecule has 4 aliphatic carbocycles. The van der Waals surface area contributed by atoms with Crippen molar-refractivity contribution in [2.45, 2.75) is 76.6 Å². The quantitative estimate of drug-likeness (QED) is 0.198. The molecule has 0 spiro atoms. The topological polar surface area (TPSA) is 36.2 Å². The van der Waals surface area contributed by atoms with E-state index in [1.54, 1.807) is 30.6 Å². The van der Waals surface area contributed by atoms with Crippen LogP contribution in [0.1, 0.15) is 64.7 Å². The van der Waals surface area contributed by atoms with Gasteiger partial charge in [-0.2, -0.15) is 0 Å². The molecule has 4 atom stereocenters. The third-order valence-corrected chi connectivity index (χ3v) is 8.70. The fourth-order valence-corrected chi connectivity index (χ4v) is 6.32. The SMILES string of the molecule is C=CCC/C(C=N)=C/N=C/C1=CC=C(CF)[C@@](F)(C2CC(C3=CCC(C4=CC=CCC4F)CC3)=CC=C2CC)C1. The summed E-state index contributed by atoms with van der Waals surface area (Å²) in [5, 5.41) is 7.56. The van der Waals surface area contributed by atoms with Gasteiger partial charge in [0.25, 0.3) is 0 Å². The highest BCUT2D eigenvalue weighted by molar-refractivity contribution is 5.82. The minimum atomic E-state index is -1.85. The summed E-state index contributed by atoms with van der Waals surface area (Å²) in [6, 6.07) is 0. The largest absolute Gasteiger partial charge is 0.308 e. The van der Waals surface area contributed by atoms with Gasteiger partial charge in [-0.1, -0.05) is 67.2 Å². The summed E-state index contributed by atoms with van der Waals surface area (Å²) >= 11 is 0. The first-order valence-corrected chi connectivity index (χ1v) is 14.5. The lowest BCUT2D eigenvalue weighted by molar-refractivity contribution is 0.131. The first-order chi connectivity index (χ1) is 19.4. The average Bonchev–Trinajstić information content (AvgIpc) is 2.99. The minimum Gasteiger partial charge on any atom is -0.308 e. The van der Waals surface area contributed by atoms with E-state index in [0.717, 1.165) is 48.0 Å². The van der Waals surface area contributed by atoms with Crippen LogP contribution < -0.4 is 0 Å². The summed E-state index contributed by atoms with van der Waals surface area (Å²) in [6.07, 6.45) is 26.5. The molecule has 0 amide bonds. The van der Waals surface area contributed by atoms with E-state index in [-0.39, 0.29) is 17.9 Å². The predicted molar refractivity (Wildman–Crippen MR) is 162 cm³/mol. The first-order valence-electron chi connectivity index (χ1n) is 14.5. The number of hydrogen-bond donors (Lipinski definition) is 1. The van der Waals surface area contributed by atoms with Crippen LogP contribution in [-0.2, 0) is 0 Å². The van der Waals surface area contributed by atoms with Gasteiger partial charge in [0, 0.05) is 37.4 Å². The zero-order valence-corrected chi connectivity index (χ0v) is 23.5. The van der Waals surface area contributed by atoms with Gasteiger partial charge in [0.1, 0.15) is 18.5 Å². The van der Waals surface area contributed by atoms with Crippen molar-refractivity contribution in [2.24, 2.45) is 16.8 Å². The molecule has 2 nitrogen and oxygen atoms in total. The fourth-order valence-electron chi connectivity index (χ4n) is 6.32. The first kappa shape index (κ1) is 29.8. The number of nitrogens with zero attached hydrogens (tertiary/aromatic N) is 1. The lowest BCUT2D eigenvalue weighted by Crippen LogP contribution is -2.40. The third-order valence-electron chi connectivity index (χ3n) is 8.70. The standard InChI is InChI=1S/C35H41F3N2/c1-3-5-8-26(22-39)24-40-23-25-11-18-31(21-36)35(38,20-25)33-19-30(17-12-27(33)4-2)28-13-15-29(16-14-28)32-9-6-7-10-34(32)37/h3,6-7,9,11-13,17-18,22-24,29,33-34,39H,1,4-5,8,10,14-16,19-21H2,2H3/b26-24-,39-22?,40-23+/t29?,33?,34?,35-/m1/s1. The van der Waals surface area contributed by atoms with E-state index in [9.17, 15) is 8.78 Å². The maximum absolute atomic E-state index is 17.1. The molecule has 0 heterocycles. The number of aliphatic imine (C=N–C) groups is 1. The summed E-state index contributed by atoms with van der Waals surface area (Å²) in [4.78, 5) is 4.36. The fraction of sp³-hybridized carbons (Fsp3) is 0.429. The predicted octanol–water partition coefficient (Wildman–Crippen LogP) is 9.72. The molecule has 0 bridgehead atoms. The monoisotopic (exact) mass is 546 g/mol. The van der Waals surface area contributed by atoms with Crippen molar-refractivity contribution in [3.63, 3.8) is 0 Å². The molecule has 0 aromatic heterocycles. The van der Waals surface area contributed by atoms with Crippen LogP contribution in [-0.4, -0.2) is 30.9 Å². The second-order valence-electron chi connectivity index (χ2n) is 11.1. The van der Waals surface area contributed by atoms with Crippen molar-refractivity contribution in [1.29, 1.82) is 5.41 Å². The van der Waals surface area contributed by atoms with Crippen LogP contribution in [0.5, 0.6) is 0 Å². The molecule has 0 aliphatic heterocycles. The molecule has 3 unspecified atom stereocenters. The zero-order valence-electron chi connectivity index (χ0n) is 23.5. The molecule has 5 heteroatoms. The Morgan fingerprint density at radius 3 is 2.70 bits per heavy atom. The average molecular weight is 547 g/mol. The maximum Gasteiger partial charge on any atom is 0.145 e. The lowest BCUT2D eigenvalue weighted by atomic mass is 9.67. The maximum atomic E-state index is 17.1. The zero-order chi connectivity index (χ0) is 28.5. The number of alkyl halides is 3. The molecule has 40 heavy (non-hydrogen) atoms. The van der Waals surface area contributed by atoms with E-state index >= 15 is 4.39 Å². The highest BCUT2D eigenvalue weighted by atomic mass is 19.2. The Labute approximate surface area is 237 Å². The Kier molecular flexibility index (Phi) is 10.4. The highest BCUT2D eigenvalue weighted by Crippen LogP contribution is 2.49. The molecule has 0 fully saturated rings. The lowest BCUT2D eigenvalue weighted by Gasteiger charge is -2.41. The summed E-state index contributed by atoms with van der Waals surface area (Å²) in [5.74, 6) is -0.250. The smallest absolute Gasteiger partial charge is 0.145 e. The summed E-state index contributed by atoms with van der Waals surface area (Å²) in [6.45, 7) is 4.91. The summed E-state index contributed by atoms with van der Waals surface area (Å²) in [7, 11) is 0. The molecule has 4 rings (SSSR count). The molecule has 0 radical (unpaired) electrons. The van der Waals surface area contributed by atoms with Gasteiger partial charge >= 0.3 is 0 Å². The van der Waals surface area contributed by atoms with E-state index in [2.05, 4.69) is 23.7 Å². The second-order valence-corrected chi connectivity index (χ2v) is 11.1. The van der Waals surface area contributed by atoms with Gasteiger partial charge in [-0.3, -0.25) is 4.99 Å². The molecule has 212 valence electrons. The highest BCUT2D eigenvalue weighted by Gasteiger charge is 2.46. The Morgan fingerprint density at radius 1 is 1.18 bits per heavy atom. The number of nitrogens with one attached hydrogen (secondary N) is 1.